The summed E-state index contributed by atoms with van der Waals surface area (Å²) in [6, 6.07) is 5.37. The molecular formula is C16H18BrNO3. The molecule has 5 heteroatoms. The Morgan fingerprint density at radius 1 is 1.38 bits per heavy atom. The van der Waals surface area contributed by atoms with E-state index in [1.165, 1.54) is 6.21 Å². The quantitative estimate of drug-likeness (QED) is 0.823. The Balaban J connectivity index is 2.25. The van der Waals surface area contributed by atoms with Gasteiger partial charge in [-0.1, -0.05) is 13.8 Å². The predicted octanol–water partition coefficient (Wildman–Crippen LogP) is 4.36. The molecule has 1 N–H and O–H groups in total. The lowest BCUT2D eigenvalue weighted by molar-refractivity contribution is -0.117. The molecule has 4 nitrogen and oxygen atoms in total. The minimum absolute atomic E-state index is 0.0694. The number of nitrogens with zero attached hydrogens (tertiary/aromatic N) is 1. The Morgan fingerprint density at radius 2 is 2.10 bits per heavy atom. The number of carbonyl (C=O) groups excluding carboxylic acids is 1. The van der Waals surface area contributed by atoms with Gasteiger partial charge in [0.15, 0.2) is 5.78 Å². The number of ether oxygens (including phenoxy) is 1. The molecule has 0 aromatic heterocycles. The number of halogens is 1. The van der Waals surface area contributed by atoms with Crippen molar-refractivity contribution in [1.82, 2.24) is 0 Å². The molecule has 1 aliphatic carbocycles. The third-order valence-electron chi connectivity index (χ3n) is 3.37. The van der Waals surface area contributed by atoms with Gasteiger partial charge >= 0.3 is 0 Å². The largest absolute Gasteiger partial charge is 0.511 e. The molecule has 21 heavy (non-hydrogen) atoms. The third-order valence-corrected chi connectivity index (χ3v) is 3.99. The van der Waals surface area contributed by atoms with Crippen LogP contribution in [0.3, 0.4) is 0 Å². The Bertz CT molecular complexity index is 632. The van der Waals surface area contributed by atoms with Gasteiger partial charge in [-0.25, -0.2) is 0 Å². The lowest BCUT2D eigenvalue weighted by Crippen LogP contribution is -2.26. The van der Waals surface area contributed by atoms with Gasteiger partial charge in [0.05, 0.1) is 22.8 Å². The highest BCUT2D eigenvalue weighted by Gasteiger charge is 2.32. The zero-order valence-electron chi connectivity index (χ0n) is 12.3. The molecule has 0 spiro atoms. The van der Waals surface area contributed by atoms with Crippen molar-refractivity contribution >= 4 is 33.6 Å². The molecule has 0 atom stereocenters. The lowest BCUT2D eigenvalue weighted by Gasteiger charge is -2.28. The summed E-state index contributed by atoms with van der Waals surface area (Å²) >= 11 is 3.38. The van der Waals surface area contributed by atoms with E-state index in [4.69, 9.17) is 4.74 Å². The summed E-state index contributed by atoms with van der Waals surface area (Å²) in [7, 11) is 1.59. The first kappa shape index (κ1) is 15.8. The summed E-state index contributed by atoms with van der Waals surface area (Å²) in [6.07, 6.45) is 2.36. The number of ketones is 1. The van der Waals surface area contributed by atoms with Crippen LogP contribution in [0.2, 0.25) is 0 Å². The number of allylic oxidation sites excluding steroid dienone is 2. The minimum atomic E-state index is -0.193. The Hall–Kier alpha value is -1.62. The fourth-order valence-electron chi connectivity index (χ4n) is 2.32. The van der Waals surface area contributed by atoms with Crippen LogP contribution < -0.4 is 4.74 Å². The average molecular weight is 352 g/mol. The molecule has 0 saturated carbocycles. The summed E-state index contributed by atoms with van der Waals surface area (Å²) in [5.74, 6) is 0.763. The summed E-state index contributed by atoms with van der Waals surface area (Å²) in [6.45, 7) is 3.94. The Labute approximate surface area is 132 Å². The van der Waals surface area contributed by atoms with E-state index < -0.39 is 0 Å². The summed E-state index contributed by atoms with van der Waals surface area (Å²) in [5, 5.41) is 10.0. The number of hydrogen-bond donors (Lipinski definition) is 1. The van der Waals surface area contributed by atoms with Crippen LogP contribution >= 0.6 is 15.9 Å². The van der Waals surface area contributed by atoms with E-state index in [-0.39, 0.29) is 17.0 Å². The number of methoxy groups -OCH3 is 1. The minimum Gasteiger partial charge on any atom is -0.511 e. The smallest absolute Gasteiger partial charge is 0.168 e. The van der Waals surface area contributed by atoms with Crippen LogP contribution in [0, 0.1) is 5.41 Å². The topological polar surface area (TPSA) is 58.9 Å². The van der Waals surface area contributed by atoms with Crippen LogP contribution in [0.4, 0.5) is 5.69 Å². The molecule has 0 radical (unpaired) electrons. The van der Waals surface area contributed by atoms with E-state index in [9.17, 15) is 9.90 Å². The van der Waals surface area contributed by atoms with Crippen molar-refractivity contribution in [2.24, 2.45) is 10.4 Å². The van der Waals surface area contributed by atoms with Crippen molar-refractivity contribution in [2.45, 2.75) is 26.7 Å². The number of hydrogen-bond acceptors (Lipinski definition) is 4. The van der Waals surface area contributed by atoms with E-state index in [1.54, 1.807) is 25.3 Å². The van der Waals surface area contributed by atoms with Crippen molar-refractivity contribution in [1.29, 1.82) is 0 Å². The van der Waals surface area contributed by atoms with Crippen LogP contribution in [0.1, 0.15) is 26.7 Å². The van der Waals surface area contributed by atoms with Gasteiger partial charge in [-0.2, -0.15) is 0 Å². The van der Waals surface area contributed by atoms with E-state index in [2.05, 4.69) is 20.9 Å². The molecule has 0 saturated heterocycles. The zero-order chi connectivity index (χ0) is 15.6. The number of aliphatic hydroxyl groups is 1. The molecule has 0 bridgehead atoms. The number of rotatable bonds is 3. The molecule has 1 aromatic rings. The van der Waals surface area contributed by atoms with Crippen LogP contribution in [0.25, 0.3) is 0 Å². The highest BCUT2D eigenvalue weighted by molar-refractivity contribution is 9.10. The van der Waals surface area contributed by atoms with Gasteiger partial charge in [-0.15, -0.1) is 0 Å². The van der Waals surface area contributed by atoms with E-state index in [0.717, 1.165) is 4.47 Å². The van der Waals surface area contributed by atoms with Gasteiger partial charge in [0.25, 0.3) is 0 Å². The van der Waals surface area contributed by atoms with Gasteiger partial charge in [0.2, 0.25) is 0 Å². The number of carbonyl (C=O) groups is 1. The SMILES string of the molecule is COc1ccc(N=CC2=C(O)CC(C)(C)CC2=O)cc1Br. The second-order valence-corrected chi connectivity index (χ2v) is 6.73. The van der Waals surface area contributed by atoms with Gasteiger partial charge in [0, 0.05) is 19.1 Å². The molecule has 0 fully saturated rings. The maximum absolute atomic E-state index is 12.1. The molecule has 0 unspecified atom stereocenters. The first-order chi connectivity index (χ1) is 9.82. The average Bonchev–Trinajstić information content (AvgIpc) is 2.36. The van der Waals surface area contributed by atoms with Gasteiger partial charge < -0.3 is 9.84 Å². The fourth-order valence-corrected chi connectivity index (χ4v) is 2.85. The third kappa shape index (κ3) is 3.73. The van der Waals surface area contributed by atoms with E-state index >= 15 is 0 Å². The van der Waals surface area contributed by atoms with Crippen molar-refractivity contribution in [2.75, 3.05) is 7.11 Å². The summed E-state index contributed by atoms with van der Waals surface area (Å²) in [5.41, 5.74) is 0.795. The van der Waals surface area contributed by atoms with Gasteiger partial charge in [0.1, 0.15) is 11.5 Å². The van der Waals surface area contributed by atoms with Crippen molar-refractivity contribution in [3.63, 3.8) is 0 Å². The predicted molar refractivity (Wildman–Crippen MR) is 86.5 cm³/mol. The first-order valence-electron chi connectivity index (χ1n) is 6.65. The highest BCUT2D eigenvalue weighted by atomic mass is 79.9. The molecule has 112 valence electrons. The van der Waals surface area contributed by atoms with E-state index in [0.29, 0.717) is 29.9 Å². The molecule has 1 aromatic carbocycles. The summed E-state index contributed by atoms with van der Waals surface area (Å²) in [4.78, 5) is 16.3. The molecule has 1 aliphatic rings. The molecule has 0 heterocycles. The van der Waals surface area contributed by atoms with Crippen molar-refractivity contribution in [3.05, 3.63) is 34.0 Å². The normalized spacial score (nSPS) is 18.4. The van der Waals surface area contributed by atoms with Crippen molar-refractivity contribution in [3.8, 4) is 5.75 Å². The van der Waals surface area contributed by atoms with Gasteiger partial charge in [-0.3, -0.25) is 9.79 Å². The zero-order valence-corrected chi connectivity index (χ0v) is 13.9. The maximum atomic E-state index is 12.1. The monoisotopic (exact) mass is 351 g/mol. The Kier molecular flexibility index (Phi) is 4.52. The van der Waals surface area contributed by atoms with Crippen LogP contribution in [-0.2, 0) is 4.79 Å². The number of aliphatic imine (C=N–C) groups is 1. The number of aliphatic hydroxyl groups excluding tert-OH is 1. The second-order valence-electron chi connectivity index (χ2n) is 5.88. The summed E-state index contributed by atoms with van der Waals surface area (Å²) < 4.78 is 5.94. The lowest BCUT2D eigenvalue weighted by atomic mass is 9.77. The molecular weight excluding hydrogens is 334 g/mol. The number of benzene rings is 1. The number of Topliss-reactive ketones (excluding diaryl/α,β-unsaturated/α-hetero) is 1. The van der Waals surface area contributed by atoms with Gasteiger partial charge in [-0.05, 0) is 39.5 Å². The molecule has 0 aliphatic heterocycles. The molecule has 0 amide bonds. The highest BCUT2D eigenvalue weighted by Crippen LogP contribution is 2.35. The van der Waals surface area contributed by atoms with Crippen molar-refractivity contribution < 1.29 is 14.6 Å². The molecule has 2 rings (SSSR count). The Morgan fingerprint density at radius 3 is 2.67 bits per heavy atom. The van der Waals surface area contributed by atoms with Crippen LogP contribution in [0.15, 0.2) is 39.0 Å². The standard InChI is InChI=1S/C16H18BrNO3/c1-16(2)7-13(19)11(14(20)8-16)9-18-10-4-5-15(21-3)12(17)6-10/h4-6,9,19H,7-8H2,1-3H3. The van der Waals surface area contributed by atoms with E-state index in [1.807, 2.05) is 13.8 Å². The maximum Gasteiger partial charge on any atom is 0.168 e. The second kappa shape index (κ2) is 6.02. The first-order valence-corrected chi connectivity index (χ1v) is 7.44. The van der Waals surface area contributed by atoms with Crippen LogP contribution in [-0.4, -0.2) is 24.2 Å². The fraction of sp³-hybridized carbons (Fsp3) is 0.375. The van der Waals surface area contributed by atoms with Crippen LogP contribution in [0.5, 0.6) is 5.75 Å².